The molecule has 7 rings (SSSR count). The zero-order chi connectivity index (χ0) is 36.4. The minimum absolute atomic E-state index is 0.0465. The van der Waals surface area contributed by atoms with Crippen LogP contribution in [0.2, 0.25) is 0 Å². The van der Waals surface area contributed by atoms with E-state index in [-0.39, 0.29) is 45.5 Å². The van der Waals surface area contributed by atoms with Gasteiger partial charge in [0.05, 0.1) is 55.3 Å². The Morgan fingerprint density at radius 2 is 1.76 bits per heavy atom. The smallest absolute Gasteiger partial charge is 0.323 e. The predicted octanol–water partition coefficient (Wildman–Crippen LogP) is 2.68. The maximum atomic E-state index is 12.4. The molecule has 2 saturated heterocycles. The van der Waals surface area contributed by atoms with Gasteiger partial charge in [-0.25, -0.2) is 0 Å². The summed E-state index contributed by atoms with van der Waals surface area (Å²) in [5, 5.41) is 42.8. The van der Waals surface area contributed by atoms with Crippen LogP contribution in [-0.2, 0) is 28.5 Å². The van der Waals surface area contributed by atoms with Gasteiger partial charge in [-0.15, -0.1) is 0 Å². The van der Waals surface area contributed by atoms with Crippen molar-refractivity contribution in [2.75, 3.05) is 26.3 Å². The Labute approximate surface area is 296 Å². The highest BCUT2D eigenvalue weighted by Crippen LogP contribution is 2.87. The molecule has 15 atom stereocenters. The van der Waals surface area contributed by atoms with Crippen molar-refractivity contribution in [1.82, 2.24) is 4.90 Å². The number of aliphatic hydroxyl groups is 3. The van der Waals surface area contributed by atoms with Crippen LogP contribution in [0.3, 0.4) is 0 Å². The number of aliphatic carboxylic acids is 1. The van der Waals surface area contributed by atoms with E-state index in [1.807, 2.05) is 0 Å². The summed E-state index contributed by atoms with van der Waals surface area (Å²) in [6.07, 6.45) is 4.12. The monoisotopic (exact) mass is 706 g/mol. The van der Waals surface area contributed by atoms with Crippen LogP contribution in [0.5, 0.6) is 0 Å². The van der Waals surface area contributed by atoms with Crippen molar-refractivity contribution in [3.05, 3.63) is 0 Å². The minimum atomic E-state index is -1.31. The van der Waals surface area contributed by atoms with Crippen molar-refractivity contribution >= 4 is 11.9 Å². The Morgan fingerprint density at radius 1 is 1.08 bits per heavy atom. The van der Waals surface area contributed by atoms with E-state index in [0.29, 0.717) is 32.0 Å². The van der Waals surface area contributed by atoms with Gasteiger partial charge in [-0.3, -0.25) is 14.5 Å². The largest absolute Gasteiger partial charge is 0.480 e. The first-order valence-corrected chi connectivity index (χ1v) is 19.2. The van der Waals surface area contributed by atoms with Gasteiger partial charge < -0.3 is 45.1 Å². The van der Waals surface area contributed by atoms with Crippen LogP contribution in [0, 0.1) is 45.3 Å². The van der Waals surface area contributed by atoms with Gasteiger partial charge in [0.2, 0.25) is 0 Å². The lowest BCUT2D eigenvalue weighted by Gasteiger charge is -2.63. The Kier molecular flexibility index (Phi) is 8.92. The van der Waals surface area contributed by atoms with Crippen molar-refractivity contribution in [3.8, 4) is 0 Å². The second-order valence-corrected chi connectivity index (χ2v) is 18.8. The highest BCUT2D eigenvalue weighted by Gasteiger charge is 2.85. The van der Waals surface area contributed by atoms with Gasteiger partial charge in [-0.05, 0) is 111 Å². The Hall–Kier alpha value is -1.38. The van der Waals surface area contributed by atoms with Crippen molar-refractivity contribution in [2.45, 2.75) is 154 Å². The summed E-state index contributed by atoms with van der Waals surface area (Å²) < 4.78 is 25.1. The molecule has 0 aromatic rings. The first kappa shape index (κ1) is 37.0. The van der Waals surface area contributed by atoms with Crippen LogP contribution >= 0.6 is 0 Å². The molecule has 7 fully saturated rings. The van der Waals surface area contributed by atoms with E-state index in [2.05, 4.69) is 27.7 Å². The van der Waals surface area contributed by atoms with E-state index in [0.717, 1.165) is 44.9 Å². The number of hydrogen-bond donors (Lipinski definition) is 5. The van der Waals surface area contributed by atoms with E-state index in [4.69, 9.17) is 24.7 Å². The van der Waals surface area contributed by atoms with Gasteiger partial charge in [0.25, 0.3) is 0 Å². The summed E-state index contributed by atoms with van der Waals surface area (Å²) in [6, 6.07) is -0.972. The lowest BCUT2D eigenvalue weighted by atomic mass is 9.43. The number of carbonyl (C=O) groups is 2. The molecule has 0 radical (unpaired) electrons. The van der Waals surface area contributed by atoms with E-state index in [1.54, 1.807) is 18.7 Å². The van der Waals surface area contributed by atoms with Crippen molar-refractivity contribution in [3.63, 3.8) is 0 Å². The summed E-state index contributed by atoms with van der Waals surface area (Å²) in [5.41, 5.74) is 5.29. The molecule has 5 saturated carbocycles. The van der Waals surface area contributed by atoms with Gasteiger partial charge in [-0.1, -0.05) is 27.7 Å². The molecule has 0 bridgehead atoms. The van der Waals surface area contributed by atoms with Gasteiger partial charge in [0.1, 0.15) is 6.04 Å². The highest BCUT2D eigenvalue weighted by molar-refractivity contribution is 5.73. The predicted molar refractivity (Wildman–Crippen MR) is 181 cm³/mol. The normalized spacial score (nSPS) is 49.3. The number of rotatable bonds is 8. The molecule has 0 aromatic carbocycles. The lowest BCUT2D eigenvalue weighted by molar-refractivity contribution is -0.249. The van der Waals surface area contributed by atoms with Crippen LogP contribution in [0.1, 0.15) is 99.8 Å². The van der Waals surface area contributed by atoms with Crippen LogP contribution in [0.15, 0.2) is 0 Å². The zero-order valence-corrected chi connectivity index (χ0v) is 31.1. The second kappa shape index (κ2) is 12.1. The SMILES string of the molecule is CC(=O)OC(C1CC(C)C2C(O1)C(O)C1(N)C3CCC4C(C)(C)C(OC5CN(C(CO)C(=O)O)CCO5)CCC45CC35CCC21C)C(C)(C)O. The third-order valence-corrected chi connectivity index (χ3v) is 15.9. The van der Waals surface area contributed by atoms with Gasteiger partial charge in [-0.2, -0.15) is 0 Å². The molecule has 0 amide bonds. The fraction of sp³-hybridized carbons (Fsp3) is 0.947. The molecule has 12 nitrogen and oxygen atoms in total. The Bertz CT molecular complexity index is 1350. The summed E-state index contributed by atoms with van der Waals surface area (Å²) in [5.74, 6) is -0.758. The Morgan fingerprint density at radius 3 is 2.40 bits per heavy atom. The molecule has 7 aliphatic rings. The van der Waals surface area contributed by atoms with Gasteiger partial charge in [0, 0.05) is 13.5 Å². The number of fused-ring (bicyclic) bond motifs is 4. The third kappa shape index (κ3) is 5.05. The number of ether oxygens (including phenoxy) is 4. The number of morpholine rings is 1. The van der Waals surface area contributed by atoms with Gasteiger partial charge in [0.15, 0.2) is 12.4 Å². The van der Waals surface area contributed by atoms with Crippen molar-refractivity contribution < 1.29 is 49.0 Å². The highest BCUT2D eigenvalue weighted by atomic mass is 16.7. The molecule has 0 aromatic heterocycles. The van der Waals surface area contributed by atoms with E-state index in [9.17, 15) is 30.0 Å². The van der Waals surface area contributed by atoms with E-state index < -0.39 is 66.4 Å². The molecule has 284 valence electrons. The van der Waals surface area contributed by atoms with Crippen LogP contribution in [0.4, 0.5) is 0 Å². The lowest BCUT2D eigenvalue weighted by Crippen LogP contribution is -2.70. The molecule has 15 unspecified atom stereocenters. The van der Waals surface area contributed by atoms with Crippen molar-refractivity contribution in [1.29, 1.82) is 0 Å². The maximum Gasteiger partial charge on any atom is 0.323 e. The first-order chi connectivity index (χ1) is 23.3. The Balaban J connectivity index is 1.11. The van der Waals surface area contributed by atoms with Crippen molar-refractivity contribution in [2.24, 2.45) is 51.1 Å². The second-order valence-electron chi connectivity index (χ2n) is 18.8. The number of hydrogen-bond acceptors (Lipinski definition) is 11. The summed E-state index contributed by atoms with van der Waals surface area (Å²) in [7, 11) is 0. The van der Waals surface area contributed by atoms with Crippen LogP contribution in [0.25, 0.3) is 0 Å². The molecule has 6 N–H and O–H groups in total. The molecule has 2 aliphatic heterocycles. The molecule has 5 aliphatic carbocycles. The molecule has 12 heteroatoms. The number of carboxylic acid groups (broad SMARTS) is 1. The topological polar surface area (TPSA) is 181 Å². The standard InChI is InChI=1S/C38H62N2O10/c1-20-16-23(31(34(5,6)46)48-21(2)42)49-29-28(20)35(7)12-13-37-19-36(37)11-10-26(50-27-17-40(14-15-47-27)22(18-41)32(44)45)33(3,4)24(36)8-9-25(37)38(35,39)30(29)43/h20,22-31,41,43,46H,8-19,39H2,1-7H3,(H,44,45). The zero-order valence-electron chi connectivity index (χ0n) is 31.1. The summed E-state index contributed by atoms with van der Waals surface area (Å²) in [6.45, 7) is 14.4. The third-order valence-electron chi connectivity index (χ3n) is 15.9. The average Bonchev–Trinajstić information content (AvgIpc) is 3.65. The quantitative estimate of drug-likeness (QED) is 0.233. The minimum Gasteiger partial charge on any atom is -0.480 e. The molecule has 2 spiro atoms. The number of aliphatic hydroxyl groups excluding tert-OH is 2. The number of carbonyl (C=O) groups excluding carboxylic acids is 1. The molecular formula is C38H62N2O10. The van der Waals surface area contributed by atoms with Gasteiger partial charge >= 0.3 is 11.9 Å². The number of nitrogens with zero attached hydrogens (tertiary/aromatic N) is 1. The number of carboxylic acids is 1. The van der Waals surface area contributed by atoms with E-state index >= 15 is 0 Å². The first-order valence-electron chi connectivity index (χ1n) is 19.2. The average molecular weight is 707 g/mol. The number of nitrogens with two attached hydrogens (primary N) is 1. The van der Waals surface area contributed by atoms with Crippen LogP contribution in [-0.4, -0.2) is 118 Å². The maximum absolute atomic E-state index is 12.4. The fourth-order valence-corrected chi connectivity index (χ4v) is 13.8. The summed E-state index contributed by atoms with van der Waals surface area (Å²) >= 11 is 0. The molecular weight excluding hydrogens is 644 g/mol. The fourth-order valence-electron chi connectivity index (χ4n) is 13.8. The molecule has 2 heterocycles. The summed E-state index contributed by atoms with van der Waals surface area (Å²) in [4.78, 5) is 25.5. The van der Waals surface area contributed by atoms with Crippen LogP contribution < -0.4 is 5.73 Å². The molecule has 50 heavy (non-hydrogen) atoms. The number of esters is 1. The van der Waals surface area contributed by atoms with E-state index in [1.165, 1.54) is 6.92 Å².